The topological polar surface area (TPSA) is 147 Å². The smallest absolute Gasteiger partial charge is 0.250 e. The number of hydrogen-bond acceptors (Lipinski definition) is 8. The first-order valence-corrected chi connectivity index (χ1v) is 12.9. The molecule has 3 aliphatic rings. The molecular formula is C28H28F3N3O6. The third kappa shape index (κ3) is 4.21. The Morgan fingerprint density at radius 3 is 2.42 bits per heavy atom. The summed E-state index contributed by atoms with van der Waals surface area (Å²) < 4.78 is 40.8. The number of primary amides is 1. The molecule has 2 aromatic carbocycles. The molecule has 0 radical (unpaired) electrons. The average Bonchev–Trinajstić information content (AvgIpc) is 2.86. The van der Waals surface area contributed by atoms with Crippen molar-refractivity contribution in [2.24, 2.45) is 35.3 Å². The van der Waals surface area contributed by atoms with Gasteiger partial charge in [0.15, 0.2) is 29.1 Å². The van der Waals surface area contributed by atoms with Crippen molar-refractivity contribution >= 4 is 39.8 Å². The summed E-state index contributed by atoms with van der Waals surface area (Å²) in [5.74, 6) is -11.9. The fourth-order valence-corrected chi connectivity index (χ4v) is 6.92. The maximum absolute atomic E-state index is 15.8. The Hall–Kier alpha value is -3.64. The van der Waals surface area contributed by atoms with Gasteiger partial charge in [-0.05, 0) is 50.4 Å². The van der Waals surface area contributed by atoms with Gasteiger partial charge in [0, 0.05) is 22.9 Å². The molecule has 5 rings (SSSR count). The fourth-order valence-electron chi connectivity index (χ4n) is 6.92. The maximum atomic E-state index is 15.8. The number of fused-ring (bicyclic) bond motifs is 4. The van der Waals surface area contributed by atoms with E-state index in [1.54, 1.807) is 14.1 Å². The van der Waals surface area contributed by atoms with Gasteiger partial charge in [0.05, 0.1) is 30.0 Å². The minimum atomic E-state index is -2.57. The highest BCUT2D eigenvalue weighted by Gasteiger charge is 2.61. The minimum absolute atomic E-state index is 0.00747. The minimum Gasteiger partial charge on any atom is -0.507 e. The Bertz CT molecular complexity index is 1480. The predicted octanol–water partition coefficient (Wildman–Crippen LogP) is 1.40. The van der Waals surface area contributed by atoms with Crippen LogP contribution >= 0.6 is 0 Å². The van der Waals surface area contributed by atoms with E-state index in [1.807, 2.05) is 0 Å². The van der Waals surface area contributed by atoms with Gasteiger partial charge < -0.3 is 16.2 Å². The lowest BCUT2D eigenvalue weighted by Crippen LogP contribution is -2.64. The Morgan fingerprint density at radius 1 is 1.10 bits per heavy atom. The van der Waals surface area contributed by atoms with E-state index in [0.717, 1.165) is 0 Å². The highest BCUT2D eigenvalue weighted by molar-refractivity contribution is 6.29. The number of nitrogens with two attached hydrogens (primary N) is 1. The molecule has 0 aliphatic heterocycles. The molecule has 40 heavy (non-hydrogen) atoms. The molecule has 2 saturated carbocycles. The van der Waals surface area contributed by atoms with Crippen molar-refractivity contribution in [3.8, 4) is 5.75 Å². The van der Waals surface area contributed by atoms with Gasteiger partial charge in [0.25, 0.3) is 6.43 Å². The standard InChI is InChI=1S/C28H28F3N3O6/c1-34(2)22-15-7-11-6-14-18(24(36)17(11)25(37)19(15)26(38)20(27(22)39)28(32)40)23(35)13-5-10(8-33-9-16(29)30)3-4-12(13)21(14)31/h3-5,11,15-17,19-20,22,33,35H,6-9H2,1-2H3,(H2,32,40). The third-order valence-corrected chi connectivity index (χ3v) is 8.50. The lowest BCUT2D eigenvalue weighted by molar-refractivity contribution is -0.157. The fraction of sp³-hybridized carbons (Fsp3) is 0.464. The number of nitrogens with zero attached hydrogens (tertiary/aromatic N) is 1. The Morgan fingerprint density at radius 2 is 1.80 bits per heavy atom. The number of phenolic OH excluding ortho intramolecular Hbond substituents is 1. The van der Waals surface area contributed by atoms with Crippen LogP contribution in [0.5, 0.6) is 5.75 Å². The van der Waals surface area contributed by atoms with Crippen molar-refractivity contribution < 1.29 is 42.3 Å². The summed E-state index contributed by atoms with van der Waals surface area (Å²) in [6.45, 7) is -0.558. The predicted molar refractivity (Wildman–Crippen MR) is 135 cm³/mol. The molecule has 0 aromatic heterocycles. The average molecular weight is 560 g/mol. The third-order valence-electron chi connectivity index (χ3n) is 8.50. The number of phenols is 1. The zero-order valence-electron chi connectivity index (χ0n) is 21.7. The first-order chi connectivity index (χ1) is 18.8. The first-order valence-electron chi connectivity index (χ1n) is 12.9. The van der Waals surface area contributed by atoms with Gasteiger partial charge in [-0.2, -0.15) is 0 Å². The van der Waals surface area contributed by atoms with Gasteiger partial charge >= 0.3 is 0 Å². The summed E-state index contributed by atoms with van der Waals surface area (Å²) in [6.07, 6.45) is -2.59. The van der Waals surface area contributed by atoms with E-state index in [4.69, 9.17) is 5.73 Å². The molecule has 0 spiro atoms. The number of likely N-dealkylation sites (N-methyl/N-ethyl adjacent to an activating group) is 1. The van der Waals surface area contributed by atoms with Crippen LogP contribution in [0.2, 0.25) is 0 Å². The molecule has 0 saturated heterocycles. The number of alkyl halides is 2. The van der Waals surface area contributed by atoms with Crippen LogP contribution in [-0.2, 0) is 32.1 Å². The van der Waals surface area contributed by atoms with E-state index < -0.39 is 89.2 Å². The van der Waals surface area contributed by atoms with Crippen LogP contribution in [0.3, 0.4) is 0 Å². The van der Waals surface area contributed by atoms with Crippen molar-refractivity contribution in [3.63, 3.8) is 0 Å². The van der Waals surface area contributed by atoms with Crippen LogP contribution in [0.15, 0.2) is 18.2 Å². The Kier molecular flexibility index (Phi) is 7.03. The summed E-state index contributed by atoms with van der Waals surface area (Å²) in [7, 11) is 3.15. The van der Waals surface area contributed by atoms with Gasteiger partial charge in [-0.3, -0.25) is 28.9 Å². The highest BCUT2D eigenvalue weighted by atomic mass is 19.3. The molecule has 12 heteroatoms. The number of hydrogen-bond donors (Lipinski definition) is 3. The Labute approximate surface area is 226 Å². The first kappa shape index (κ1) is 27.9. The molecule has 6 unspecified atom stereocenters. The molecule has 0 heterocycles. The number of nitrogens with one attached hydrogen (secondary N) is 1. The van der Waals surface area contributed by atoms with Gasteiger partial charge in [0.1, 0.15) is 11.6 Å². The molecule has 2 aromatic rings. The van der Waals surface area contributed by atoms with Gasteiger partial charge in [-0.15, -0.1) is 0 Å². The van der Waals surface area contributed by atoms with Crippen LogP contribution in [0.4, 0.5) is 13.2 Å². The van der Waals surface area contributed by atoms with E-state index >= 15 is 4.39 Å². The molecule has 0 bridgehead atoms. The molecule has 2 fully saturated rings. The largest absolute Gasteiger partial charge is 0.507 e. The lowest BCUT2D eigenvalue weighted by Gasteiger charge is -2.48. The number of ketones is 4. The number of benzene rings is 2. The summed E-state index contributed by atoms with van der Waals surface area (Å²) in [6, 6.07) is 3.33. The van der Waals surface area contributed by atoms with Gasteiger partial charge in [-0.25, -0.2) is 13.2 Å². The summed E-state index contributed by atoms with van der Waals surface area (Å²) >= 11 is 0. The van der Waals surface area contributed by atoms with Crippen LogP contribution < -0.4 is 11.1 Å². The van der Waals surface area contributed by atoms with Crippen LogP contribution in [0, 0.1) is 35.4 Å². The van der Waals surface area contributed by atoms with Crippen molar-refractivity contribution in [3.05, 3.63) is 40.7 Å². The molecule has 212 valence electrons. The zero-order valence-corrected chi connectivity index (χ0v) is 21.7. The SMILES string of the molecule is CN(C)C1C(=O)C(C(N)=O)C(=O)C2C(=O)C3C(=O)c4c(c(F)c5ccc(CNCC(F)F)cc5c4O)CC3CC21. The van der Waals surface area contributed by atoms with Crippen molar-refractivity contribution in [2.45, 2.75) is 31.9 Å². The van der Waals surface area contributed by atoms with Gasteiger partial charge in [-0.1, -0.05) is 12.1 Å². The maximum Gasteiger partial charge on any atom is 0.250 e. The van der Waals surface area contributed by atoms with E-state index in [9.17, 15) is 37.9 Å². The molecule has 9 nitrogen and oxygen atoms in total. The second kappa shape index (κ2) is 10.1. The van der Waals surface area contributed by atoms with Crippen molar-refractivity contribution in [1.82, 2.24) is 10.2 Å². The molecule has 1 amide bonds. The van der Waals surface area contributed by atoms with Gasteiger partial charge in [0.2, 0.25) is 5.91 Å². The van der Waals surface area contributed by atoms with E-state index in [2.05, 4.69) is 5.32 Å². The monoisotopic (exact) mass is 559 g/mol. The van der Waals surface area contributed by atoms with Crippen LogP contribution in [0.25, 0.3) is 10.8 Å². The second-order valence-corrected chi connectivity index (χ2v) is 11.1. The number of carbonyl (C=O) groups excluding carboxylic acids is 5. The number of rotatable bonds is 6. The molecular weight excluding hydrogens is 531 g/mol. The lowest BCUT2D eigenvalue weighted by atomic mass is 9.54. The number of halogens is 3. The summed E-state index contributed by atoms with van der Waals surface area (Å²) in [4.78, 5) is 67.4. The highest BCUT2D eigenvalue weighted by Crippen LogP contribution is 2.50. The Balaban J connectivity index is 1.57. The quantitative estimate of drug-likeness (QED) is 0.450. The summed E-state index contributed by atoms with van der Waals surface area (Å²) in [5.41, 5.74) is 5.40. The van der Waals surface area contributed by atoms with E-state index in [1.165, 1.54) is 23.1 Å². The van der Waals surface area contributed by atoms with E-state index in [0.29, 0.717) is 5.56 Å². The molecule has 4 N–H and O–H groups in total. The van der Waals surface area contributed by atoms with Crippen LogP contribution in [-0.4, -0.2) is 72.2 Å². The molecule has 6 atom stereocenters. The number of aromatic hydroxyl groups is 1. The van der Waals surface area contributed by atoms with Crippen molar-refractivity contribution in [2.75, 3.05) is 20.6 Å². The van der Waals surface area contributed by atoms with E-state index in [-0.39, 0.29) is 41.3 Å². The number of Topliss-reactive ketones (excluding diaryl/α,β-unsaturated/α-hetero) is 4. The molecule has 3 aliphatic carbocycles. The number of carbonyl (C=O) groups is 5. The second-order valence-electron chi connectivity index (χ2n) is 11.1. The van der Waals surface area contributed by atoms with Crippen LogP contribution in [0.1, 0.15) is 27.9 Å². The normalized spacial score (nSPS) is 28.2. The van der Waals surface area contributed by atoms with Crippen molar-refractivity contribution in [1.29, 1.82) is 0 Å². The summed E-state index contributed by atoms with van der Waals surface area (Å²) in [5, 5.41) is 13.7. The zero-order chi connectivity index (χ0) is 29.2. The number of amides is 1.